The van der Waals surface area contributed by atoms with Gasteiger partial charge in [-0.15, -0.1) is 0 Å². The molecule has 0 aromatic carbocycles. The molecule has 2 heteroatoms. The first kappa shape index (κ1) is 9.92. The normalized spacial score (nSPS) is 21.9. The second-order valence-corrected chi connectivity index (χ2v) is 4.07. The maximum atomic E-state index is 9.68. The van der Waals surface area contributed by atoms with Crippen LogP contribution in [0.5, 0.6) is 0 Å². The fourth-order valence-electron chi connectivity index (χ4n) is 0.627. The molecule has 62 valence electrons. The molecule has 0 radical (unpaired) electrons. The standard InChI is InChI=1S/C8H18O2/c1-6(9)8(5,10)7(2,3)4/h6,9-10H,1-5H3. The van der Waals surface area contributed by atoms with Gasteiger partial charge in [-0.1, -0.05) is 20.8 Å². The van der Waals surface area contributed by atoms with Crippen molar-refractivity contribution in [3.63, 3.8) is 0 Å². The fraction of sp³-hybridized carbons (Fsp3) is 1.00. The second kappa shape index (κ2) is 2.51. The lowest BCUT2D eigenvalue weighted by Crippen LogP contribution is -2.48. The van der Waals surface area contributed by atoms with Crippen molar-refractivity contribution >= 4 is 0 Å². The summed E-state index contributed by atoms with van der Waals surface area (Å²) in [5.74, 6) is 0. The molecule has 10 heavy (non-hydrogen) atoms. The third kappa shape index (κ3) is 1.70. The maximum Gasteiger partial charge on any atom is 0.0922 e. The van der Waals surface area contributed by atoms with Gasteiger partial charge in [0, 0.05) is 0 Å². The molecular formula is C8H18O2. The van der Waals surface area contributed by atoms with Crippen LogP contribution in [0.2, 0.25) is 0 Å². The molecule has 0 fully saturated rings. The zero-order valence-corrected chi connectivity index (χ0v) is 7.47. The van der Waals surface area contributed by atoms with Crippen LogP contribution in [0, 0.1) is 5.41 Å². The zero-order chi connectivity index (χ0) is 8.58. The van der Waals surface area contributed by atoms with E-state index in [9.17, 15) is 5.11 Å². The number of hydrogen-bond acceptors (Lipinski definition) is 2. The van der Waals surface area contributed by atoms with Crippen LogP contribution < -0.4 is 0 Å². The van der Waals surface area contributed by atoms with Crippen LogP contribution in [0.25, 0.3) is 0 Å². The Bertz CT molecular complexity index is 109. The van der Waals surface area contributed by atoms with Gasteiger partial charge in [-0.3, -0.25) is 0 Å². The lowest BCUT2D eigenvalue weighted by molar-refractivity contribution is -0.121. The largest absolute Gasteiger partial charge is 0.390 e. The predicted molar refractivity (Wildman–Crippen MR) is 41.8 cm³/mol. The van der Waals surface area contributed by atoms with Gasteiger partial charge in [0.25, 0.3) is 0 Å². The minimum atomic E-state index is -1.01. The zero-order valence-electron chi connectivity index (χ0n) is 7.47. The molecule has 2 N–H and O–H groups in total. The number of aliphatic hydroxyl groups is 2. The summed E-state index contributed by atoms with van der Waals surface area (Å²) in [7, 11) is 0. The summed E-state index contributed by atoms with van der Waals surface area (Å²) in [6, 6.07) is 0. The van der Waals surface area contributed by atoms with E-state index in [1.54, 1.807) is 13.8 Å². The van der Waals surface area contributed by atoms with Crippen molar-refractivity contribution in [3.05, 3.63) is 0 Å². The predicted octanol–water partition coefficient (Wildman–Crippen LogP) is 1.16. The summed E-state index contributed by atoms with van der Waals surface area (Å²) in [5.41, 5.74) is -1.28. The van der Waals surface area contributed by atoms with E-state index in [4.69, 9.17) is 5.11 Å². The third-order valence-corrected chi connectivity index (χ3v) is 2.33. The molecule has 0 aliphatic rings. The highest BCUT2D eigenvalue weighted by Gasteiger charge is 2.39. The van der Waals surface area contributed by atoms with Gasteiger partial charge in [-0.25, -0.2) is 0 Å². The van der Waals surface area contributed by atoms with Gasteiger partial charge >= 0.3 is 0 Å². The van der Waals surface area contributed by atoms with E-state index in [-0.39, 0.29) is 5.41 Å². The van der Waals surface area contributed by atoms with E-state index in [1.165, 1.54) is 0 Å². The van der Waals surface area contributed by atoms with Crippen LogP contribution in [0.1, 0.15) is 34.6 Å². The molecule has 2 atom stereocenters. The van der Waals surface area contributed by atoms with Crippen LogP contribution in [-0.2, 0) is 0 Å². The Hall–Kier alpha value is -0.0800. The molecule has 0 aromatic rings. The summed E-state index contributed by atoms with van der Waals surface area (Å²) in [6.45, 7) is 8.96. The molecule has 2 unspecified atom stereocenters. The van der Waals surface area contributed by atoms with Crippen molar-refractivity contribution in [1.82, 2.24) is 0 Å². The van der Waals surface area contributed by atoms with Crippen LogP contribution in [0.3, 0.4) is 0 Å². The van der Waals surface area contributed by atoms with Crippen molar-refractivity contribution in [1.29, 1.82) is 0 Å². The highest BCUT2D eigenvalue weighted by Crippen LogP contribution is 2.32. The number of rotatable bonds is 1. The Morgan fingerprint density at radius 2 is 1.40 bits per heavy atom. The van der Waals surface area contributed by atoms with Crippen molar-refractivity contribution < 1.29 is 10.2 Å². The Morgan fingerprint density at radius 1 is 1.10 bits per heavy atom. The number of hydrogen-bond donors (Lipinski definition) is 2. The molecule has 0 aliphatic heterocycles. The molecule has 2 nitrogen and oxygen atoms in total. The molecule has 0 aliphatic carbocycles. The lowest BCUT2D eigenvalue weighted by atomic mass is 9.75. The van der Waals surface area contributed by atoms with Crippen LogP contribution in [-0.4, -0.2) is 21.9 Å². The first-order valence-electron chi connectivity index (χ1n) is 3.60. The van der Waals surface area contributed by atoms with Crippen LogP contribution >= 0.6 is 0 Å². The summed E-state index contributed by atoms with van der Waals surface area (Å²) in [4.78, 5) is 0. The Balaban J connectivity index is 4.40. The van der Waals surface area contributed by atoms with Crippen molar-refractivity contribution in [3.8, 4) is 0 Å². The van der Waals surface area contributed by atoms with E-state index >= 15 is 0 Å². The van der Waals surface area contributed by atoms with Crippen molar-refractivity contribution in [2.75, 3.05) is 0 Å². The molecule has 0 amide bonds. The van der Waals surface area contributed by atoms with Gasteiger partial charge < -0.3 is 10.2 Å². The van der Waals surface area contributed by atoms with Gasteiger partial charge in [0.05, 0.1) is 11.7 Å². The van der Waals surface area contributed by atoms with Gasteiger partial charge in [0.1, 0.15) is 0 Å². The summed E-state index contributed by atoms with van der Waals surface area (Å²) in [6.07, 6.45) is -0.688. The quantitative estimate of drug-likeness (QED) is 0.583. The van der Waals surface area contributed by atoms with Gasteiger partial charge in [0.15, 0.2) is 0 Å². The molecule has 0 rings (SSSR count). The van der Waals surface area contributed by atoms with Crippen LogP contribution in [0.4, 0.5) is 0 Å². The van der Waals surface area contributed by atoms with E-state index in [0.29, 0.717) is 0 Å². The van der Waals surface area contributed by atoms with E-state index in [2.05, 4.69) is 0 Å². The third-order valence-electron chi connectivity index (χ3n) is 2.33. The number of aliphatic hydroxyl groups excluding tert-OH is 1. The Morgan fingerprint density at radius 3 is 1.40 bits per heavy atom. The molecule has 0 saturated heterocycles. The first-order chi connectivity index (χ1) is 4.19. The molecule has 0 heterocycles. The van der Waals surface area contributed by atoms with Crippen molar-refractivity contribution in [2.24, 2.45) is 5.41 Å². The second-order valence-electron chi connectivity index (χ2n) is 4.07. The minimum absolute atomic E-state index is 0.277. The van der Waals surface area contributed by atoms with Gasteiger partial charge in [-0.2, -0.15) is 0 Å². The summed E-state index contributed by atoms with van der Waals surface area (Å²) in [5, 5.41) is 18.8. The minimum Gasteiger partial charge on any atom is -0.390 e. The maximum absolute atomic E-state index is 9.68. The smallest absolute Gasteiger partial charge is 0.0922 e. The summed E-state index contributed by atoms with van der Waals surface area (Å²) >= 11 is 0. The molecule has 0 spiro atoms. The van der Waals surface area contributed by atoms with Gasteiger partial charge in [-0.05, 0) is 19.3 Å². The molecule has 0 saturated carbocycles. The highest BCUT2D eigenvalue weighted by molar-refractivity contribution is 4.90. The average molecular weight is 146 g/mol. The van der Waals surface area contributed by atoms with E-state index in [0.717, 1.165) is 0 Å². The average Bonchev–Trinajstić information content (AvgIpc) is 1.62. The van der Waals surface area contributed by atoms with E-state index in [1.807, 2.05) is 20.8 Å². The van der Waals surface area contributed by atoms with Gasteiger partial charge in [0.2, 0.25) is 0 Å². The highest BCUT2D eigenvalue weighted by atomic mass is 16.3. The van der Waals surface area contributed by atoms with Crippen LogP contribution in [0.15, 0.2) is 0 Å². The monoisotopic (exact) mass is 146 g/mol. The Labute approximate surface area is 62.9 Å². The van der Waals surface area contributed by atoms with Crippen molar-refractivity contribution in [2.45, 2.75) is 46.3 Å². The SMILES string of the molecule is CC(O)C(C)(O)C(C)(C)C. The fourth-order valence-corrected chi connectivity index (χ4v) is 0.627. The molecular weight excluding hydrogens is 128 g/mol. The lowest BCUT2D eigenvalue weighted by Gasteiger charge is -2.39. The van der Waals surface area contributed by atoms with E-state index < -0.39 is 11.7 Å². The Kier molecular flexibility index (Phi) is 2.49. The topological polar surface area (TPSA) is 40.5 Å². The molecule has 0 aromatic heterocycles. The summed E-state index contributed by atoms with van der Waals surface area (Å²) < 4.78 is 0. The first-order valence-corrected chi connectivity index (χ1v) is 3.60. The molecule has 0 bridgehead atoms.